The highest BCUT2D eigenvalue weighted by atomic mass is 16.2. The molecule has 0 bridgehead atoms. The zero-order valence-electron chi connectivity index (χ0n) is 12.6. The first-order valence-electron chi connectivity index (χ1n) is 7.74. The minimum absolute atomic E-state index is 0.231. The first-order valence-corrected chi connectivity index (χ1v) is 7.74. The number of carbonyl (C=O) groups excluding carboxylic acids is 1. The molecule has 1 aromatic rings. The van der Waals surface area contributed by atoms with Gasteiger partial charge in [-0.2, -0.15) is 0 Å². The van der Waals surface area contributed by atoms with Gasteiger partial charge in [0, 0.05) is 24.9 Å². The number of nitrogens with one attached hydrogen (secondary N) is 1. The molecule has 2 heterocycles. The number of nitrogens with two attached hydrogens (primary N) is 1. The Labute approximate surface area is 121 Å². The van der Waals surface area contributed by atoms with Crippen LogP contribution in [-0.4, -0.2) is 28.9 Å². The number of likely N-dealkylation sites (tertiary alicyclic amines) is 1. The van der Waals surface area contributed by atoms with Gasteiger partial charge in [-0.15, -0.1) is 0 Å². The molecule has 20 heavy (non-hydrogen) atoms. The van der Waals surface area contributed by atoms with Gasteiger partial charge in [-0.05, 0) is 49.8 Å². The van der Waals surface area contributed by atoms with Gasteiger partial charge >= 0.3 is 0 Å². The maximum atomic E-state index is 12.6. The van der Waals surface area contributed by atoms with Crippen LogP contribution in [0.15, 0.2) is 18.3 Å². The zero-order chi connectivity index (χ0) is 14.5. The molecule has 1 aliphatic rings. The Morgan fingerprint density at radius 1 is 1.55 bits per heavy atom. The van der Waals surface area contributed by atoms with E-state index in [-0.39, 0.29) is 11.9 Å². The molecule has 1 unspecified atom stereocenters. The molecule has 2 atom stereocenters. The van der Waals surface area contributed by atoms with Gasteiger partial charge in [-0.25, -0.2) is 0 Å². The monoisotopic (exact) mass is 277 g/mol. The van der Waals surface area contributed by atoms with E-state index in [1.807, 2.05) is 17.2 Å². The Balaban J connectivity index is 1.97. The van der Waals surface area contributed by atoms with Crippen LogP contribution in [0, 0.1) is 11.8 Å². The van der Waals surface area contributed by atoms with Crippen LogP contribution < -0.4 is 5.73 Å². The van der Waals surface area contributed by atoms with E-state index in [4.69, 9.17) is 5.73 Å². The number of amides is 1. The minimum Gasteiger partial charge on any atom is -0.363 e. The van der Waals surface area contributed by atoms with Crippen molar-refractivity contribution in [2.45, 2.75) is 45.6 Å². The van der Waals surface area contributed by atoms with Crippen molar-refractivity contribution in [1.82, 2.24) is 9.88 Å². The summed E-state index contributed by atoms with van der Waals surface area (Å²) in [6, 6.07) is 4.30. The van der Waals surface area contributed by atoms with Gasteiger partial charge in [0.1, 0.15) is 0 Å². The lowest BCUT2D eigenvalue weighted by Crippen LogP contribution is -2.33. The van der Waals surface area contributed by atoms with E-state index in [1.165, 1.54) is 0 Å². The van der Waals surface area contributed by atoms with Crippen LogP contribution in [0.2, 0.25) is 0 Å². The highest BCUT2D eigenvalue weighted by Gasteiger charge is 2.31. The highest BCUT2D eigenvalue weighted by molar-refractivity contribution is 5.77. The van der Waals surface area contributed by atoms with Crippen molar-refractivity contribution >= 4 is 5.91 Å². The second kappa shape index (κ2) is 6.93. The largest absolute Gasteiger partial charge is 0.363 e. The minimum atomic E-state index is 0.231. The fourth-order valence-electron chi connectivity index (χ4n) is 3.23. The van der Waals surface area contributed by atoms with Gasteiger partial charge in [0.2, 0.25) is 5.91 Å². The fraction of sp³-hybridized carbons (Fsp3) is 0.688. The van der Waals surface area contributed by atoms with E-state index in [9.17, 15) is 4.79 Å². The molecule has 2 rings (SSSR count). The van der Waals surface area contributed by atoms with Crippen molar-refractivity contribution in [3.8, 4) is 0 Å². The van der Waals surface area contributed by atoms with Crippen molar-refractivity contribution in [2.24, 2.45) is 17.6 Å². The number of carbonyl (C=O) groups is 1. The molecule has 0 spiro atoms. The zero-order valence-corrected chi connectivity index (χ0v) is 12.6. The van der Waals surface area contributed by atoms with Crippen LogP contribution in [-0.2, 0) is 4.79 Å². The summed E-state index contributed by atoms with van der Waals surface area (Å²) in [4.78, 5) is 17.8. The smallest absolute Gasteiger partial charge is 0.223 e. The van der Waals surface area contributed by atoms with E-state index < -0.39 is 0 Å². The van der Waals surface area contributed by atoms with Crippen LogP contribution in [0.1, 0.15) is 51.3 Å². The molecule has 4 nitrogen and oxygen atoms in total. The summed E-state index contributed by atoms with van der Waals surface area (Å²) in [5.41, 5.74) is 6.98. The first kappa shape index (κ1) is 15.1. The number of hydrogen-bond donors (Lipinski definition) is 2. The second-order valence-electron chi connectivity index (χ2n) is 6.31. The molecule has 0 radical (unpaired) electrons. The van der Waals surface area contributed by atoms with Crippen LogP contribution in [0.25, 0.3) is 0 Å². The third-order valence-electron chi connectivity index (χ3n) is 4.16. The van der Waals surface area contributed by atoms with E-state index in [2.05, 4.69) is 24.9 Å². The number of hydrogen-bond acceptors (Lipinski definition) is 2. The molecule has 0 aliphatic carbocycles. The topological polar surface area (TPSA) is 62.1 Å². The summed E-state index contributed by atoms with van der Waals surface area (Å²) in [6.07, 6.45) is 5.70. The lowest BCUT2D eigenvalue weighted by Gasteiger charge is -2.26. The molecular formula is C16H27N3O. The molecule has 1 saturated heterocycles. The Hall–Kier alpha value is -1.29. The lowest BCUT2D eigenvalue weighted by atomic mass is 9.93. The fourth-order valence-corrected chi connectivity index (χ4v) is 3.23. The van der Waals surface area contributed by atoms with Gasteiger partial charge in [0.05, 0.1) is 6.04 Å². The summed E-state index contributed by atoms with van der Waals surface area (Å²) in [5, 5.41) is 0. The Morgan fingerprint density at radius 2 is 2.35 bits per heavy atom. The molecule has 1 aromatic heterocycles. The standard InChI is InChI=1S/C16H27N3O/c1-12(2)9-13(11-17)10-16(20)19-8-4-6-15(19)14-5-3-7-18-14/h3,5,7,12-13,15,18H,4,6,8-11,17H2,1-2H3/t13-,15?/m0/s1. The summed E-state index contributed by atoms with van der Waals surface area (Å²) < 4.78 is 0. The molecule has 0 saturated carbocycles. The van der Waals surface area contributed by atoms with Gasteiger partial charge in [-0.3, -0.25) is 4.79 Å². The van der Waals surface area contributed by atoms with Crippen molar-refractivity contribution in [2.75, 3.05) is 13.1 Å². The predicted molar refractivity (Wildman–Crippen MR) is 81.1 cm³/mol. The maximum Gasteiger partial charge on any atom is 0.223 e. The van der Waals surface area contributed by atoms with Crippen LogP contribution in [0.4, 0.5) is 0 Å². The Bertz CT molecular complexity index is 413. The van der Waals surface area contributed by atoms with Crippen LogP contribution >= 0.6 is 0 Å². The van der Waals surface area contributed by atoms with Crippen molar-refractivity contribution < 1.29 is 4.79 Å². The highest BCUT2D eigenvalue weighted by Crippen LogP contribution is 2.32. The Morgan fingerprint density at radius 3 is 2.95 bits per heavy atom. The molecule has 4 heteroatoms. The Kier molecular flexibility index (Phi) is 5.24. The predicted octanol–water partition coefficient (Wildman–Crippen LogP) is 2.69. The summed E-state index contributed by atoms with van der Waals surface area (Å²) in [7, 11) is 0. The quantitative estimate of drug-likeness (QED) is 0.839. The molecule has 1 aliphatic heterocycles. The molecule has 3 N–H and O–H groups in total. The van der Waals surface area contributed by atoms with Gasteiger partial charge in [0.25, 0.3) is 0 Å². The van der Waals surface area contributed by atoms with Crippen molar-refractivity contribution in [3.05, 3.63) is 24.0 Å². The number of H-pyrrole nitrogens is 1. The van der Waals surface area contributed by atoms with Crippen molar-refractivity contribution in [3.63, 3.8) is 0 Å². The number of aromatic nitrogens is 1. The average molecular weight is 277 g/mol. The summed E-state index contributed by atoms with van der Waals surface area (Å²) in [5.74, 6) is 1.17. The van der Waals surface area contributed by atoms with E-state index >= 15 is 0 Å². The third kappa shape index (κ3) is 3.63. The number of nitrogens with zero attached hydrogens (tertiary/aromatic N) is 1. The third-order valence-corrected chi connectivity index (χ3v) is 4.16. The molecule has 1 amide bonds. The number of rotatable bonds is 6. The van der Waals surface area contributed by atoms with Crippen LogP contribution in [0.3, 0.4) is 0 Å². The lowest BCUT2D eigenvalue weighted by molar-refractivity contribution is -0.133. The summed E-state index contributed by atoms with van der Waals surface area (Å²) in [6.45, 7) is 5.85. The molecular weight excluding hydrogens is 250 g/mol. The van der Waals surface area contributed by atoms with Gasteiger partial charge in [-0.1, -0.05) is 13.8 Å². The van der Waals surface area contributed by atoms with Gasteiger partial charge in [0.15, 0.2) is 0 Å². The maximum absolute atomic E-state index is 12.6. The van der Waals surface area contributed by atoms with E-state index in [0.717, 1.165) is 31.5 Å². The molecule has 1 fully saturated rings. The van der Waals surface area contributed by atoms with Crippen molar-refractivity contribution in [1.29, 1.82) is 0 Å². The number of aromatic amines is 1. The van der Waals surface area contributed by atoms with E-state index in [1.54, 1.807) is 0 Å². The first-order chi connectivity index (χ1) is 9.61. The second-order valence-corrected chi connectivity index (χ2v) is 6.31. The summed E-state index contributed by atoms with van der Waals surface area (Å²) >= 11 is 0. The average Bonchev–Trinajstić information content (AvgIpc) is 3.07. The molecule has 112 valence electrons. The van der Waals surface area contributed by atoms with E-state index in [0.29, 0.717) is 24.8 Å². The van der Waals surface area contributed by atoms with Crippen LogP contribution in [0.5, 0.6) is 0 Å². The SMILES string of the molecule is CC(C)C[C@H](CN)CC(=O)N1CCCC1c1ccc[nH]1. The van der Waals surface area contributed by atoms with Gasteiger partial charge < -0.3 is 15.6 Å². The molecule has 0 aromatic carbocycles. The normalized spacial score (nSPS) is 20.6.